The lowest BCUT2D eigenvalue weighted by atomic mass is 10.1. The van der Waals surface area contributed by atoms with Crippen molar-refractivity contribution in [3.63, 3.8) is 0 Å². The summed E-state index contributed by atoms with van der Waals surface area (Å²) in [4.78, 5) is 1.10. The summed E-state index contributed by atoms with van der Waals surface area (Å²) in [6.45, 7) is 0. The van der Waals surface area contributed by atoms with Crippen molar-refractivity contribution in [3.05, 3.63) is 22.9 Å². The van der Waals surface area contributed by atoms with Crippen LogP contribution in [0.3, 0.4) is 0 Å². The van der Waals surface area contributed by atoms with E-state index in [1.165, 1.54) is 0 Å². The Morgan fingerprint density at radius 3 is 3.36 bits per heavy atom. The molecule has 1 aliphatic carbocycles. The van der Waals surface area contributed by atoms with E-state index in [2.05, 4.69) is 21.2 Å². The normalized spacial score (nSPS) is 36.2. The molecule has 0 saturated carbocycles. The second kappa shape index (κ2) is 2.92. The molecule has 1 heterocycles. The third-order valence-corrected chi connectivity index (χ3v) is 3.59. The van der Waals surface area contributed by atoms with Crippen LogP contribution in [0.1, 0.15) is 6.42 Å². The first-order chi connectivity index (χ1) is 5.25. The average molecular weight is 236 g/mol. The van der Waals surface area contributed by atoms with Crippen LogP contribution in [0.2, 0.25) is 0 Å². The Hall–Kier alpha value is 0.200. The lowest BCUT2D eigenvalue weighted by Crippen LogP contribution is -2.26. The lowest BCUT2D eigenvalue weighted by Gasteiger charge is -2.11. The van der Waals surface area contributed by atoms with E-state index in [0.29, 0.717) is 6.04 Å². The van der Waals surface area contributed by atoms with Crippen molar-refractivity contribution in [1.82, 2.24) is 5.32 Å². The van der Waals surface area contributed by atoms with Crippen molar-refractivity contribution < 1.29 is 4.39 Å². The molecule has 60 valence electrons. The van der Waals surface area contributed by atoms with Gasteiger partial charge in [0.05, 0.1) is 0 Å². The number of rotatable bonds is 0. The average Bonchev–Trinajstić information content (AvgIpc) is 2.27. The second-order valence-corrected chi connectivity index (χ2v) is 5.22. The Morgan fingerprint density at radius 1 is 1.73 bits per heavy atom. The van der Waals surface area contributed by atoms with E-state index < -0.39 is 0 Å². The van der Waals surface area contributed by atoms with Crippen LogP contribution in [0.15, 0.2) is 22.9 Å². The molecule has 1 fully saturated rings. The fourth-order valence-corrected chi connectivity index (χ4v) is 3.17. The predicted molar refractivity (Wildman–Crippen MR) is 49.1 cm³/mol. The zero-order valence-electron chi connectivity index (χ0n) is 5.68. The quantitative estimate of drug-likeness (QED) is 0.512. The number of nitrogens with one attached hydrogen (secondary N) is 1. The third kappa shape index (κ3) is 1.53. The van der Waals surface area contributed by atoms with Crippen molar-refractivity contribution in [3.8, 4) is 0 Å². The molecule has 0 aromatic heterocycles. The fourth-order valence-electron chi connectivity index (χ4n) is 1.22. The molecule has 1 aliphatic heterocycles. The molecule has 0 bridgehead atoms. The van der Waals surface area contributed by atoms with E-state index in [9.17, 15) is 4.39 Å². The Morgan fingerprint density at radius 2 is 2.55 bits per heavy atom. The molecule has 0 amide bonds. The minimum atomic E-state index is -0.104. The number of hydrogen-bond acceptors (Lipinski definition) is 2. The Balaban J connectivity index is 2.20. The van der Waals surface area contributed by atoms with Gasteiger partial charge in [0, 0.05) is 10.9 Å². The summed E-state index contributed by atoms with van der Waals surface area (Å²) in [5.41, 5.74) is 0. The van der Waals surface area contributed by atoms with Gasteiger partial charge in [-0.2, -0.15) is 0 Å². The zero-order valence-corrected chi connectivity index (χ0v) is 8.08. The summed E-state index contributed by atoms with van der Waals surface area (Å²) < 4.78 is 12.9. The summed E-state index contributed by atoms with van der Waals surface area (Å²) in [5, 5.41) is 3.28. The third-order valence-electron chi connectivity index (χ3n) is 1.74. The number of hydrogen-bond donors (Lipinski definition) is 1. The van der Waals surface area contributed by atoms with Crippen LogP contribution in [-0.2, 0) is 0 Å². The van der Waals surface area contributed by atoms with Crippen molar-refractivity contribution >= 4 is 27.7 Å². The molecule has 0 radical (unpaired) electrons. The first-order valence-corrected chi connectivity index (χ1v) is 5.19. The van der Waals surface area contributed by atoms with Crippen LogP contribution in [0.25, 0.3) is 0 Å². The Bertz CT molecular complexity index is 239. The van der Waals surface area contributed by atoms with Gasteiger partial charge in [-0.1, -0.05) is 27.7 Å². The smallest absolute Gasteiger partial charge is 0.120 e. The van der Waals surface area contributed by atoms with E-state index in [-0.39, 0.29) is 10.1 Å². The highest BCUT2D eigenvalue weighted by Gasteiger charge is 2.28. The van der Waals surface area contributed by atoms with E-state index in [4.69, 9.17) is 0 Å². The summed E-state index contributed by atoms with van der Waals surface area (Å²) >= 11 is 5.05. The molecule has 2 atom stereocenters. The van der Waals surface area contributed by atoms with Crippen molar-refractivity contribution in [2.75, 3.05) is 0 Å². The number of alkyl halides is 1. The van der Waals surface area contributed by atoms with Crippen LogP contribution >= 0.6 is 27.7 Å². The molecule has 11 heavy (non-hydrogen) atoms. The highest BCUT2D eigenvalue weighted by Crippen LogP contribution is 2.38. The second-order valence-electron chi connectivity index (χ2n) is 2.52. The van der Waals surface area contributed by atoms with Crippen molar-refractivity contribution in [2.45, 2.75) is 16.7 Å². The maximum atomic E-state index is 12.7. The monoisotopic (exact) mass is 235 g/mol. The van der Waals surface area contributed by atoms with Gasteiger partial charge in [-0.15, -0.1) is 0 Å². The maximum Gasteiger partial charge on any atom is 0.120 e. The minimum absolute atomic E-state index is 0.104. The van der Waals surface area contributed by atoms with Crippen LogP contribution < -0.4 is 5.32 Å². The highest BCUT2D eigenvalue weighted by molar-refractivity contribution is 9.11. The molecule has 2 rings (SSSR count). The minimum Gasteiger partial charge on any atom is -0.288 e. The summed E-state index contributed by atoms with van der Waals surface area (Å²) in [7, 11) is 0. The molecule has 0 aromatic carbocycles. The van der Waals surface area contributed by atoms with Gasteiger partial charge < -0.3 is 0 Å². The van der Waals surface area contributed by atoms with E-state index in [1.807, 2.05) is 0 Å². The van der Waals surface area contributed by atoms with Gasteiger partial charge in [-0.3, -0.25) is 5.32 Å². The van der Waals surface area contributed by atoms with Crippen LogP contribution in [0.5, 0.6) is 0 Å². The van der Waals surface area contributed by atoms with E-state index >= 15 is 0 Å². The number of thioether (sulfide) groups is 1. The van der Waals surface area contributed by atoms with Gasteiger partial charge in [-0.25, -0.2) is 4.39 Å². The molecule has 0 aromatic rings. The van der Waals surface area contributed by atoms with Gasteiger partial charge >= 0.3 is 0 Å². The zero-order chi connectivity index (χ0) is 7.84. The van der Waals surface area contributed by atoms with Crippen molar-refractivity contribution in [2.24, 2.45) is 0 Å². The van der Waals surface area contributed by atoms with E-state index in [1.54, 1.807) is 23.9 Å². The maximum absolute atomic E-state index is 12.7. The van der Waals surface area contributed by atoms with Crippen molar-refractivity contribution in [1.29, 1.82) is 0 Å². The fraction of sp³-hybridized carbons (Fsp3) is 0.429. The van der Waals surface area contributed by atoms with Gasteiger partial charge in [0.15, 0.2) is 0 Å². The number of halogens is 2. The lowest BCUT2D eigenvalue weighted by molar-refractivity contribution is 0.607. The molecule has 1 N–H and O–H groups in total. The Labute approximate surface area is 77.2 Å². The van der Waals surface area contributed by atoms with Gasteiger partial charge in [0.2, 0.25) is 0 Å². The largest absolute Gasteiger partial charge is 0.288 e. The van der Waals surface area contributed by atoms with Crippen LogP contribution in [0, 0.1) is 0 Å². The highest BCUT2D eigenvalue weighted by atomic mass is 79.9. The molecule has 0 spiro atoms. The standard InChI is InChI=1S/C7H7BrFNS/c8-7-10-5-2-1-4(9)3-6(5)11-7/h1,3,5,7,10H,2H2. The predicted octanol–water partition coefficient (Wildman–Crippen LogP) is 2.51. The first kappa shape index (κ1) is 7.83. The molecule has 2 unspecified atom stereocenters. The van der Waals surface area contributed by atoms with Crippen LogP contribution in [-0.4, -0.2) is 10.3 Å². The Kier molecular flexibility index (Phi) is 2.08. The van der Waals surface area contributed by atoms with Gasteiger partial charge in [-0.05, 0) is 18.6 Å². The molecule has 1 nitrogen and oxygen atoms in total. The topological polar surface area (TPSA) is 12.0 Å². The summed E-state index contributed by atoms with van der Waals surface area (Å²) in [6, 6.07) is 0.337. The number of allylic oxidation sites excluding steroid dienone is 2. The summed E-state index contributed by atoms with van der Waals surface area (Å²) in [5.74, 6) is -0.104. The summed E-state index contributed by atoms with van der Waals surface area (Å²) in [6.07, 6.45) is 3.99. The molecule has 1 saturated heterocycles. The molecule has 4 heteroatoms. The van der Waals surface area contributed by atoms with Gasteiger partial charge in [0.1, 0.15) is 10.1 Å². The van der Waals surface area contributed by atoms with Crippen LogP contribution in [0.4, 0.5) is 4.39 Å². The SMILES string of the molecule is FC1=CCC2NC(Br)SC2=C1. The molecular formula is C7H7BrFNS. The van der Waals surface area contributed by atoms with E-state index in [0.717, 1.165) is 11.3 Å². The van der Waals surface area contributed by atoms with Gasteiger partial charge in [0.25, 0.3) is 0 Å². The molecular weight excluding hydrogens is 229 g/mol. The number of fused-ring (bicyclic) bond motifs is 1. The molecule has 2 aliphatic rings. The first-order valence-electron chi connectivity index (χ1n) is 3.40.